The first-order valence-corrected chi connectivity index (χ1v) is 8.99. The van der Waals surface area contributed by atoms with Crippen LogP contribution in [-0.2, 0) is 4.74 Å². The molecule has 0 bridgehead atoms. The lowest BCUT2D eigenvalue weighted by molar-refractivity contribution is 0.0466. The quantitative estimate of drug-likeness (QED) is 0.549. The largest absolute Gasteiger partial charge is 0.492 e. The first-order valence-electron chi connectivity index (χ1n) is 8.99. The second-order valence-electron chi connectivity index (χ2n) is 5.56. The molecule has 0 atom stereocenters. The van der Waals surface area contributed by atoms with Crippen molar-refractivity contribution >= 4 is 5.97 Å². The number of hydrogen-bond donors (Lipinski definition) is 0. The summed E-state index contributed by atoms with van der Waals surface area (Å²) in [6.07, 6.45) is 0. The lowest BCUT2D eigenvalue weighted by atomic mass is 10.2. The summed E-state index contributed by atoms with van der Waals surface area (Å²) in [5.74, 6) is 0.499. The van der Waals surface area contributed by atoms with Gasteiger partial charge < -0.3 is 19.3 Å². The van der Waals surface area contributed by atoms with E-state index < -0.39 is 0 Å². The minimum Gasteiger partial charge on any atom is -0.492 e. The van der Waals surface area contributed by atoms with Gasteiger partial charge in [-0.15, -0.1) is 0 Å². The Morgan fingerprint density at radius 3 is 1.83 bits per heavy atom. The summed E-state index contributed by atoms with van der Waals surface area (Å²) in [7, 11) is 0. The highest BCUT2D eigenvalue weighted by Gasteiger charge is 2.08. The van der Waals surface area contributed by atoms with Gasteiger partial charge in [0.15, 0.2) is 0 Å². The van der Waals surface area contributed by atoms with E-state index in [2.05, 4.69) is 37.5 Å². The van der Waals surface area contributed by atoms with Crippen LogP contribution in [0, 0.1) is 0 Å². The van der Waals surface area contributed by atoms with Gasteiger partial charge in [0.25, 0.3) is 0 Å². The molecular formula is C19H32N2O3. The van der Waals surface area contributed by atoms with Gasteiger partial charge in [0.2, 0.25) is 0 Å². The third kappa shape index (κ3) is 7.32. The Labute approximate surface area is 146 Å². The predicted molar refractivity (Wildman–Crippen MR) is 97.8 cm³/mol. The lowest BCUT2D eigenvalue weighted by Gasteiger charge is -2.18. The number of likely N-dealkylation sites (N-methyl/N-ethyl adjacent to an activating group) is 2. The molecule has 136 valence electrons. The van der Waals surface area contributed by atoms with Crippen LogP contribution in [-0.4, -0.2) is 68.3 Å². The molecule has 0 heterocycles. The molecule has 0 saturated carbocycles. The molecule has 0 aliphatic carbocycles. The number of carbonyl (C=O) groups is 1. The van der Waals surface area contributed by atoms with Gasteiger partial charge in [-0.25, -0.2) is 4.79 Å². The highest BCUT2D eigenvalue weighted by Crippen LogP contribution is 2.13. The fourth-order valence-corrected chi connectivity index (χ4v) is 2.41. The fourth-order valence-electron chi connectivity index (χ4n) is 2.41. The maximum absolute atomic E-state index is 12.0. The predicted octanol–water partition coefficient (Wildman–Crippen LogP) is 2.91. The van der Waals surface area contributed by atoms with Gasteiger partial charge in [-0.3, -0.25) is 0 Å². The van der Waals surface area contributed by atoms with Crippen LogP contribution < -0.4 is 4.74 Å². The number of benzene rings is 1. The number of rotatable bonds is 12. The Morgan fingerprint density at radius 2 is 1.33 bits per heavy atom. The maximum atomic E-state index is 12.0. The van der Waals surface area contributed by atoms with E-state index in [0.29, 0.717) is 18.8 Å². The van der Waals surface area contributed by atoms with E-state index in [0.717, 1.165) is 45.0 Å². The maximum Gasteiger partial charge on any atom is 0.338 e. The van der Waals surface area contributed by atoms with Gasteiger partial charge in [0, 0.05) is 13.1 Å². The molecule has 5 nitrogen and oxygen atoms in total. The van der Waals surface area contributed by atoms with Crippen molar-refractivity contribution in [1.82, 2.24) is 9.80 Å². The van der Waals surface area contributed by atoms with Gasteiger partial charge in [-0.2, -0.15) is 0 Å². The molecule has 0 spiro atoms. The van der Waals surface area contributed by atoms with Crippen molar-refractivity contribution in [3.05, 3.63) is 29.8 Å². The first kappa shape index (κ1) is 20.5. The zero-order chi connectivity index (χ0) is 17.8. The summed E-state index contributed by atoms with van der Waals surface area (Å²) >= 11 is 0. The van der Waals surface area contributed by atoms with Crippen molar-refractivity contribution in [2.45, 2.75) is 27.7 Å². The third-order valence-electron chi connectivity index (χ3n) is 4.20. The molecule has 0 aromatic heterocycles. The van der Waals surface area contributed by atoms with Crippen LogP contribution in [0.2, 0.25) is 0 Å². The minimum absolute atomic E-state index is 0.281. The zero-order valence-corrected chi connectivity index (χ0v) is 15.6. The van der Waals surface area contributed by atoms with E-state index in [1.165, 1.54) is 0 Å². The molecule has 0 saturated heterocycles. The summed E-state index contributed by atoms with van der Waals surface area (Å²) in [6, 6.07) is 7.16. The van der Waals surface area contributed by atoms with E-state index in [1.807, 2.05) is 12.1 Å². The molecule has 1 aromatic rings. The van der Waals surface area contributed by atoms with Crippen LogP contribution in [0.3, 0.4) is 0 Å². The molecule has 1 aromatic carbocycles. The summed E-state index contributed by atoms with van der Waals surface area (Å²) in [5, 5.41) is 0. The molecule has 0 N–H and O–H groups in total. The molecule has 0 fully saturated rings. The van der Waals surface area contributed by atoms with Crippen molar-refractivity contribution in [1.29, 1.82) is 0 Å². The number of esters is 1. The standard InChI is InChI=1S/C19H32N2O3/c1-5-20(6-2)13-15-23-18-11-9-17(10-12-18)19(22)24-16-14-21(7-3)8-4/h9-12H,5-8,13-16H2,1-4H3. The van der Waals surface area contributed by atoms with E-state index >= 15 is 0 Å². The summed E-state index contributed by atoms with van der Waals surface area (Å²) in [5.41, 5.74) is 0.561. The Balaban J connectivity index is 2.36. The first-order chi connectivity index (χ1) is 11.6. The van der Waals surface area contributed by atoms with Gasteiger partial charge in [-0.1, -0.05) is 27.7 Å². The van der Waals surface area contributed by atoms with Crippen LogP contribution in [0.5, 0.6) is 5.75 Å². The van der Waals surface area contributed by atoms with Crippen LogP contribution in [0.1, 0.15) is 38.1 Å². The second kappa shape index (κ2) is 11.9. The number of nitrogens with zero attached hydrogens (tertiary/aromatic N) is 2. The van der Waals surface area contributed by atoms with Gasteiger partial charge in [0.05, 0.1) is 5.56 Å². The number of hydrogen-bond acceptors (Lipinski definition) is 5. The smallest absolute Gasteiger partial charge is 0.338 e. The molecular weight excluding hydrogens is 304 g/mol. The molecule has 5 heteroatoms. The topological polar surface area (TPSA) is 42.0 Å². The van der Waals surface area contributed by atoms with E-state index in [1.54, 1.807) is 12.1 Å². The molecule has 1 rings (SSSR count). The van der Waals surface area contributed by atoms with Crippen molar-refractivity contribution in [3.8, 4) is 5.75 Å². The molecule has 0 amide bonds. The Kier molecular flexibility index (Phi) is 10.1. The number of ether oxygens (including phenoxy) is 2. The Morgan fingerprint density at radius 1 is 0.833 bits per heavy atom. The Bertz CT molecular complexity index is 454. The molecule has 0 unspecified atom stereocenters. The molecule has 0 radical (unpaired) electrons. The van der Waals surface area contributed by atoms with Crippen LogP contribution in [0.25, 0.3) is 0 Å². The highest BCUT2D eigenvalue weighted by atomic mass is 16.5. The minimum atomic E-state index is -0.281. The normalized spacial score (nSPS) is 11.1. The lowest BCUT2D eigenvalue weighted by Crippen LogP contribution is -2.28. The number of carbonyl (C=O) groups excluding carboxylic acids is 1. The second-order valence-corrected chi connectivity index (χ2v) is 5.56. The van der Waals surface area contributed by atoms with Crippen molar-refractivity contribution in [2.24, 2.45) is 0 Å². The van der Waals surface area contributed by atoms with E-state index in [-0.39, 0.29) is 5.97 Å². The molecule has 0 aliphatic rings. The fraction of sp³-hybridized carbons (Fsp3) is 0.632. The van der Waals surface area contributed by atoms with Crippen LogP contribution >= 0.6 is 0 Å². The Hall–Kier alpha value is -1.59. The summed E-state index contributed by atoms with van der Waals surface area (Å²) in [4.78, 5) is 16.5. The molecule has 24 heavy (non-hydrogen) atoms. The van der Waals surface area contributed by atoms with Gasteiger partial charge in [-0.05, 0) is 50.4 Å². The summed E-state index contributed by atoms with van der Waals surface area (Å²) < 4.78 is 11.0. The SMILES string of the molecule is CCN(CC)CCOC(=O)c1ccc(OCCN(CC)CC)cc1. The van der Waals surface area contributed by atoms with Crippen molar-refractivity contribution in [3.63, 3.8) is 0 Å². The van der Waals surface area contributed by atoms with Crippen molar-refractivity contribution in [2.75, 3.05) is 52.5 Å². The zero-order valence-electron chi connectivity index (χ0n) is 15.6. The van der Waals surface area contributed by atoms with E-state index in [9.17, 15) is 4.79 Å². The average molecular weight is 336 g/mol. The van der Waals surface area contributed by atoms with Crippen LogP contribution in [0.15, 0.2) is 24.3 Å². The average Bonchev–Trinajstić information content (AvgIpc) is 2.63. The van der Waals surface area contributed by atoms with Gasteiger partial charge >= 0.3 is 5.97 Å². The van der Waals surface area contributed by atoms with Crippen LogP contribution in [0.4, 0.5) is 0 Å². The van der Waals surface area contributed by atoms with E-state index in [4.69, 9.17) is 9.47 Å². The summed E-state index contributed by atoms with van der Waals surface area (Å²) in [6.45, 7) is 15.2. The van der Waals surface area contributed by atoms with Crippen molar-refractivity contribution < 1.29 is 14.3 Å². The van der Waals surface area contributed by atoms with Gasteiger partial charge in [0.1, 0.15) is 19.0 Å². The molecule has 0 aliphatic heterocycles. The monoisotopic (exact) mass is 336 g/mol. The highest BCUT2D eigenvalue weighted by molar-refractivity contribution is 5.89. The third-order valence-corrected chi connectivity index (χ3v) is 4.20.